The van der Waals surface area contributed by atoms with Gasteiger partial charge in [-0.2, -0.15) is 0 Å². The van der Waals surface area contributed by atoms with Gasteiger partial charge >= 0.3 is 0 Å². The first-order valence-electron chi connectivity index (χ1n) is 5.35. The maximum absolute atomic E-state index is 13.5. The molecule has 0 fully saturated rings. The zero-order chi connectivity index (χ0) is 11.7. The SMILES string of the molecule is Fc1ccccc1Cc1nc2ccncc2[nH]1. The van der Waals surface area contributed by atoms with E-state index in [0.29, 0.717) is 12.0 Å². The van der Waals surface area contributed by atoms with Gasteiger partial charge in [0.2, 0.25) is 0 Å². The van der Waals surface area contributed by atoms with Crippen molar-refractivity contribution in [3.63, 3.8) is 0 Å². The topological polar surface area (TPSA) is 41.6 Å². The molecule has 0 saturated heterocycles. The highest BCUT2D eigenvalue weighted by atomic mass is 19.1. The summed E-state index contributed by atoms with van der Waals surface area (Å²) >= 11 is 0. The first-order valence-corrected chi connectivity index (χ1v) is 5.35. The Hall–Kier alpha value is -2.23. The van der Waals surface area contributed by atoms with Crippen molar-refractivity contribution in [2.45, 2.75) is 6.42 Å². The molecule has 0 amide bonds. The summed E-state index contributed by atoms with van der Waals surface area (Å²) in [6, 6.07) is 8.56. The van der Waals surface area contributed by atoms with Crippen LogP contribution in [0.25, 0.3) is 11.0 Å². The van der Waals surface area contributed by atoms with Crippen molar-refractivity contribution in [2.75, 3.05) is 0 Å². The normalized spacial score (nSPS) is 10.9. The first-order chi connectivity index (χ1) is 8.33. The van der Waals surface area contributed by atoms with Crippen molar-refractivity contribution in [3.8, 4) is 0 Å². The molecular weight excluding hydrogens is 217 g/mol. The van der Waals surface area contributed by atoms with Crippen LogP contribution < -0.4 is 0 Å². The van der Waals surface area contributed by atoms with Crippen LogP contribution >= 0.6 is 0 Å². The molecule has 0 bridgehead atoms. The number of nitrogens with zero attached hydrogens (tertiary/aromatic N) is 2. The molecule has 2 aromatic heterocycles. The number of halogens is 1. The van der Waals surface area contributed by atoms with E-state index >= 15 is 0 Å². The number of benzene rings is 1. The maximum atomic E-state index is 13.5. The van der Waals surface area contributed by atoms with E-state index in [0.717, 1.165) is 16.9 Å². The van der Waals surface area contributed by atoms with E-state index in [1.807, 2.05) is 12.1 Å². The Morgan fingerprint density at radius 2 is 2.06 bits per heavy atom. The van der Waals surface area contributed by atoms with Gasteiger partial charge in [0.15, 0.2) is 0 Å². The van der Waals surface area contributed by atoms with Gasteiger partial charge in [0.05, 0.1) is 17.2 Å². The van der Waals surface area contributed by atoms with Gasteiger partial charge in [0.1, 0.15) is 11.6 Å². The molecule has 0 atom stereocenters. The van der Waals surface area contributed by atoms with Gasteiger partial charge in [-0.3, -0.25) is 4.98 Å². The Kier molecular flexibility index (Phi) is 2.33. The first kappa shape index (κ1) is 9.96. The fourth-order valence-corrected chi connectivity index (χ4v) is 1.82. The molecule has 3 nitrogen and oxygen atoms in total. The van der Waals surface area contributed by atoms with Crippen LogP contribution in [0, 0.1) is 5.82 Å². The number of hydrogen-bond donors (Lipinski definition) is 1. The van der Waals surface area contributed by atoms with Crippen LogP contribution in [0.3, 0.4) is 0 Å². The fraction of sp³-hybridized carbons (Fsp3) is 0.0769. The molecule has 17 heavy (non-hydrogen) atoms. The molecule has 1 aromatic carbocycles. The van der Waals surface area contributed by atoms with Crippen molar-refractivity contribution in [2.24, 2.45) is 0 Å². The Balaban J connectivity index is 1.98. The van der Waals surface area contributed by atoms with E-state index in [-0.39, 0.29) is 5.82 Å². The smallest absolute Gasteiger partial charge is 0.126 e. The Bertz CT molecular complexity index is 627. The minimum absolute atomic E-state index is 0.203. The van der Waals surface area contributed by atoms with Crippen molar-refractivity contribution < 1.29 is 4.39 Å². The van der Waals surface area contributed by atoms with Gasteiger partial charge < -0.3 is 4.98 Å². The molecule has 0 spiro atoms. The number of rotatable bonds is 2. The van der Waals surface area contributed by atoms with Gasteiger partial charge in [-0.15, -0.1) is 0 Å². The van der Waals surface area contributed by atoms with Crippen LogP contribution in [-0.4, -0.2) is 15.0 Å². The quantitative estimate of drug-likeness (QED) is 0.731. The van der Waals surface area contributed by atoms with E-state index < -0.39 is 0 Å². The summed E-state index contributed by atoms with van der Waals surface area (Å²) in [5.74, 6) is 0.546. The van der Waals surface area contributed by atoms with Crippen LogP contribution in [0.5, 0.6) is 0 Å². The van der Waals surface area contributed by atoms with Crippen molar-refractivity contribution in [1.29, 1.82) is 0 Å². The summed E-state index contributed by atoms with van der Waals surface area (Å²) in [7, 11) is 0. The highest BCUT2D eigenvalue weighted by molar-refractivity contribution is 5.73. The lowest BCUT2D eigenvalue weighted by atomic mass is 10.1. The molecule has 0 radical (unpaired) electrons. The number of H-pyrrole nitrogens is 1. The third-order valence-electron chi connectivity index (χ3n) is 2.65. The van der Waals surface area contributed by atoms with Crippen molar-refractivity contribution in [1.82, 2.24) is 15.0 Å². The Morgan fingerprint density at radius 3 is 2.88 bits per heavy atom. The van der Waals surface area contributed by atoms with Crippen molar-refractivity contribution in [3.05, 3.63) is 59.9 Å². The predicted molar refractivity (Wildman–Crippen MR) is 63.1 cm³/mol. The summed E-state index contributed by atoms with van der Waals surface area (Å²) in [4.78, 5) is 11.5. The average molecular weight is 227 g/mol. The third-order valence-corrected chi connectivity index (χ3v) is 2.65. The summed E-state index contributed by atoms with van der Waals surface area (Å²) < 4.78 is 13.5. The molecule has 1 N–H and O–H groups in total. The number of aromatic amines is 1. The van der Waals surface area contributed by atoms with Crippen LogP contribution in [0.2, 0.25) is 0 Å². The summed E-state index contributed by atoms with van der Waals surface area (Å²) in [6.45, 7) is 0. The number of imidazole rings is 1. The van der Waals surface area contributed by atoms with Crippen molar-refractivity contribution >= 4 is 11.0 Å². The minimum atomic E-state index is -0.203. The zero-order valence-electron chi connectivity index (χ0n) is 9.02. The zero-order valence-corrected chi connectivity index (χ0v) is 9.02. The molecule has 0 saturated carbocycles. The second kappa shape index (κ2) is 3.97. The summed E-state index contributed by atoms with van der Waals surface area (Å²) in [6.07, 6.45) is 3.87. The lowest BCUT2D eigenvalue weighted by Crippen LogP contribution is -1.93. The second-order valence-corrected chi connectivity index (χ2v) is 3.84. The average Bonchev–Trinajstić information content (AvgIpc) is 2.74. The van der Waals surface area contributed by atoms with E-state index in [1.54, 1.807) is 24.5 Å². The van der Waals surface area contributed by atoms with E-state index in [4.69, 9.17) is 0 Å². The van der Waals surface area contributed by atoms with Gasteiger partial charge in [0.25, 0.3) is 0 Å². The lowest BCUT2D eigenvalue weighted by molar-refractivity contribution is 0.612. The van der Waals surface area contributed by atoms with Gasteiger partial charge in [-0.25, -0.2) is 9.37 Å². The number of hydrogen-bond acceptors (Lipinski definition) is 2. The second-order valence-electron chi connectivity index (χ2n) is 3.84. The molecular formula is C13H10FN3. The monoisotopic (exact) mass is 227 g/mol. The van der Waals surface area contributed by atoms with Crippen LogP contribution in [-0.2, 0) is 6.42 Å². The van der Waals surface area contributed by atoms with E-state index in [9.17, 15) is 4.39 Å². The maximum Gasteiger partial charge on any atom is 0.126 e. The van der Waals surface area contributed by atoms with Crippen LogP contribution in [0.15, 0.2) is 42.7 Å². The molecule has 4 heteroatoms. The third kappa shape index (κ3) is 1.89. The highest BCUT2D eigenvalue weighted by Crippen LogP contribution is 2.14. The summed E-state index contributed by atoms with van der Waals surface area (Å²) in [5, 5.41) is 0. The lowest BCUT2D eigenvalue weighted by Gasteiger charge is -1.99. The fourth-order valence-electron chi connectivity index (χ4n) is 1.82. The summed E-state index contributed by atoms with van der Waals surface area (Å²) in [5.41, 5.74) is 2.37. The molecule has 2 heterocycles. The Labute approximate surface area is 97.3 Å². The van der Waals surface area contributed by atoms with Gasteiger partial charge in [-0.05, 0) is 17.7 Å². The largest absolute Gasteiger partial charge is 0.340 e. The highest BCUT2D eigenvalue weighted by Gasteiger charge is 2.06. The molecule has 0 unspecified atom stereocenters. The predicted octanol–water partition coefficient (Wildman–Crippen LogP) is 2.69. The number of nitrogens with one attached hydrogen (secondary N) is 1. The molecule has 0 aliphatic heterocycles. The van der Waals surface area contributed by atoms with E-state index in [1.165, 1.54) is 6.07 Å². The molecule has 3 aromatic rings. The molecule has 84 valence electrons. The number of aromatic nitrogens is 3. The number of fused-ring (bicyclic) bond motifs is 1. The number of pyridine rings is 1. The molecule has 3 rings (SSSR count). The van der Waals surface area contributed by atoms with Gasteiger partial charge in [-0.1, -0.05) is 18.2 Å². The standard InChI is InChI=1S/C13H10FN3/c14-10-4-2-1-3-9(10)7-13-16-11-5-6-15-8-12(11)17-13/h1-6,8H,7H2,(H,16,17). The minimum Gasteiger partial charge on any atom is -0.340 e. The van der Waals surface area contributed by atoms with E-state index in [2.05, 4.69) is 15.0 Å². The van der Waals surface area contributed by atoms with Crippen LogP contribution in [0.1, 0.15) is 11.4 Å². The molecule has 0 aliphatic rings. The van der Waals surface area contributed by atoms with Crippen LogP contribution in [0.4, 0.5) is 4.39 Å². The van der Waals surface area contributed by atoms with Gasteiger partial charge in [0, 0.05) is 12.6 Å². The Morgan fingerprint density at radius 1 is 1.18 bits per heavy atom. The molecule has 0 aliphatic carbocycles.